The highest BCUT2D eigenvalue weighted by Crippen LogP contribution is 2.22. The van der Waals surface area contributed by atoms with Gasteiger partial charge in [0.05, 0.1) is 16.3 Å². The minimum atomic E-state index is -3.66. The Morgan fingerprint density at radius 1 is 1.10 bits per heavy atom. The van der Waals surface area contributed by atoms with E-state index in [1.165, 1.54) is 16.4 Å². The molecule has 3 aromatic rings. The molecule has 2 aromatic carbocycles. The molecule has 0 aliphatic rings. The number of amides is 1. The van der Waals surface area contributed by atoms with Crippen LogP contribution < -0.4 is 5.32 Å². The van der Waals surface area contributed by atoms with Crippen LogP contribution in [0.1, 0.15) is 29.9 Å². The Kier molecular flexibility index (Phi) is 6.60. The van der Waals surface area contributed by atoms with Gasteiger partial charge in [0.2, 0.25) is 10.0 Å². The molecule has 0 bridgehead atoms. The Morgan fingerprint density at radius 2 is 1.80 bits per heavy atom. The summed E-state index contributed by atoms with van der Waals surface area (Å²) in [6, 6.07) is 14.8. The number of hydrogen-bond donors (Lipinski definition) is 1. The lowest BCUT2D eigenvalue weighted by Crippen LogP contribution is -2.30. The monoisotopic (exact) mass is 446 g/mol. The van der Waals surface area contributed by atoms with Crippen LogP contribution in [0.4, 0.5) is 5.82 Å². The first-order chi connectivity index (χ1) is 14.3. The maximum absolute atomic E-state index is 12.9. The molecule has 7 nitrogen and oxygen atoms in total. The number of aromatic nitrogens is 2. The molecule has 1 amide bonds. The lowest BCUT2D eigenvalue weighted by atomic mass is 10.2. The highest BCUT2D eigenvalue weighted by molar-refractivity contribution is 7.89. The quantitative estimate of drug-likeness (QED) is 0.591. The number of anilines is 1. The largest absolute Gasteiger partial charge is 0.306 e. The average molecular weight is 447 g/mol. The van der Waals surface area contributed by atoms with Gasteiger partial charge in [0.15, 0.2) is 0 Å². The van der Waals surface area contributed by atoms with Crippen LogP contribution in [-0.2, 0) is 10.0 Å². The second-order valence-electron chi connectivity index (χ2n) is 6.63. The number of aryl methyl sites for hydroxylation is 1. The van der Waals surface area contributed by atoms with Gasteiger partial charge in [0.1, 0.15) is 5.82 Å². The van der Waals surface area contributed by atoms with Crippen molar-refractivity contribution in [2.24, 2.45) is 0 Å². The summed E-state index contributed by atoms with van der Waals surface area (Å²) in [6.45, 7) is 6.07. The minimum absolute atomic E-state index is 0.0818. The number of sulfonamides is 1. The van der Waals surface area contributed by atoms with Crippen molar-refractivity contribution in [1.29, 1.82) is 0 Å². The zero-order valence-electron chi connectivity index (χ0n) is 17.0. The third-order valence-electron chi connectivity index (χ3n) is 4.57. The third-order valence-corrected chi connectivity index (χ3v) is 6.85. The van der Waals surface area contributed by atoms with Gasteiger partial charge < -0.3 is 5.32 Å². The van der Waals surface area contributed by atoms with Gasteiger partial charge in [0.25, 0.3) is 5.91 Å². The highest BCUT2D eigenvalue weighted by atomic mass is 35.5. The smallest absolute Gasteiger partial charge is 0.256 e. The number of benzene rings is 2. The van der Waals surface area contributed by atoms with E-state index in [9.17, 15) is 13.2 Å². The summed E-state index contributed by atoms with van der Waals surface area (Å²) >= 11 is 6.08. The summed E-state index contributed by atoms with van der Waals surface area (Å²) in [4.78, 5) is 13.0. The van der Waals surface area contributed by atoms with Crippen molar-refractivity contribution in [3.8, 4) is 5.69 Å². The van der Waals surface area contributed by atoms with E-state index in [4.69, 9.17) is 11.6 Å². The van der Waals surface area contributed by atoms with E-state index >= 15 is 0 Å². The third kappa shape index (κ3) is 4.56. The van der Waals surface area contributed by atoms with E-state index in [0.717, 1.165) is 0 Å². The Labute approximate surface area is 181 Å². The molecule has 0 aliphatic carbocycles. The summed E-state index contributed by atoms with van der Waals surface area (Å²) in [6.07, 6.45) is 0. The molecule has 0 unspecified atom stereocenters. The minimum Gasteiger partial charge on any atom is -0.306 e. The van der Waals surface area contributed by atoms with Gasteiger partial charge in [0, 0.05) is 29.7 Å². The van der Waals surface area contributed by atoms with E-state index in [-0.39, 0.29) is 10.5 Å². The van der Waals surface area contributed by atoms with E-state index in [0.29, 0.717) is 35.3 Å². The molecule has 0 fully saturated rings. The number of carbonyl (C=O) groups excluding carboxylic acids is 1. The van der Waals surface area contributed by atoms with Gasteiger partial charge in [-0.3, -0.25) is 4.79 Å². The fourth-order valence-corrected chi connectivity index (χ4v) is 4.78. The van der Waals surface area contributed by atoms with Crippen LogP contribution in [0, 0.1) is 6.92 Å². The highest BCUT2D eigenvalue weighted by Gasteiger charge is 2.23. The zero-order valence-corrected chi connectivity index (χ0v) is 18.5. The van der Waals surface area contributed by atoms with Gasteiger partial charge in [-0.25, -0.2) is 13.1 Å². The molecular formula is C21H23ClN4O3S. The summed E-state index contributed by atoms with van der Waals surface area (Å²) < 4.78 is 28.5. The molecule has 158 valence electrons. The summed E-state index contributed by atoms with van der Waals surface area (Å²) in [5.74, 6) is 0.0199. The molecule has 0 atom stereocenters. The molecule has 0 saturated heterocycles. The number of carbonyl (C=O) groups is 1. The first-order valence-corrected chi connectivity index (χ1v) is 11.3. The molecule has 1 aromatic heterocycles. The number of nitrogens with zero attached hydrogens (tertiary/aromatic N) is 3. The van der Waals surface area contributed by atoms with Gasteiger partial charge in [-0.15, -0.1) is 0 Å². The summed E-state index contributed by atoms with van der Waals surface area (Å²) in [7, 11) is -3.66. The van der Waals surface area contributed by atoms with Crippen molar-refractivity contribution >= 4 is 33.3 Å². The fourth-order valence-electron chi connectivity index (χ4n) is 3.09. The standard InChI is InChI=1S/C21H23ClN4O3S/c1-4-25(5-2)30(28,29)19-11-6-8-16(13-19)21(27)23-20-12-15(3)24-26(20)18-10-7-9-17(22)14-18/h6-14H,4-5H2,1-3H3,(H,23,27). The molecular weight excluding hydrogens is 424 g/mol. The van der Waals surface area contributed by atoms with Crippen molar-refractivity contribution in [1.82, 2.24) is 14.1 Å². The Balaban J connectivity index is 1.91. The van der Waals surface area contributed by atoms with Gasteiger partial charge in [-0.1, -0.05) is 37.6 Å². The number of hydrogen-bond acceptors (Lipinski definition) is 4. The number of rotatable bonds is 7. The normalized spacial score (nSPS) is 11.6. The van der Waals surface area contributed by atoms with Gasteiger partial charge >= 0.3 is 0 Å². The molecule has 30 heavy (non-hydrogen) atoms. The van der Waals surface area contributed by atoms with Crippen LogP contribution in [0.2, 0.25) is 5.02 Å². The second-order valence-corrected chi connectivity index (χ2v) is 9.01. The first-order valence-electron chi connectivity index (χ1n) is 9.50. The van der Waals surface area contributed by atoms with Crippen LogP contribution >= 0.6 is 11.6 Å². The molecule has 1 heterocycles. The van der Waals surface area contributed by atoms with Crippen molar-refractivity contribution in [3.05, 3.63) is 70.9 Å². The maximum Gasteiger partial charge on any atom is 0.256 e. The molecule has 3 rings (SSSR count). The van der Waals surface area contributed by atoms with Crippen molar-refractivity contribution < 1.29 is 13.2 Å². The number of nitrogens with one attached hydrogen (secondary N) is 1. The zero-order chi connectivity index (χ0) is 21.9. The van der Waals surface area contributed by atoms with Crippen LogP contribution in [0.25, 0.3) is 5.69 Å². The fraction of sp³-hybridized carbons (Fsp3) is 0.238. The molecule has 1 N–H and O–H groups in total. The Bertz CT molecular complexity index is 1170. The summed E-state index contributed by atoms with van der Waals surface area (Å²) in [5.41, 5.74) is 1.65. The van der Waals surface area contributed by atoms with Crippen LogP contribution in [0.5, 0.6) is 0 Å². The van der Waals surface area contributed by atoms with Gasteiger partial charge in [-0.05, 0) is 43.3 Å². The first kappa shape index (κ1) is 22.0. The maximum atomic E-state index is 12.9. The second kappa shape index (κ2) is 8.99. The molecule has 0 aliphatic heterocycles. The van der Waals surface area contributed by atoms with E-state index in [1.54, 1.807) is 54.9 Å². The predicted octanol–water partition coefficient (Wildman–Crippen LogP) is 4.12. The van der Waals surface area contributed by atoms with Gasteiger partial charge in [-0.2, -0.15) is 9.40 Å². The van der Waals surface area contributed by atoms with Crippen molar-refractivity contribution in [2.75, 3.05) is 18.4 Å². The van der Waals surface area contributed by atoms with E-state index in [2.05, 4.69) is 10.4 Å². The van der Waals surface area contributed by atoms with E-state index in [1.807, 2.05) is 13.0 Å². The topological polar surface area (TPSA) is 84.3 Å². The van der Waals surface area contributed by atoms with Crippen LogP contribution in [0.15, 0.2) is 59.5 Å². The van der Waals surface area contributed by atoms with E-state index < -0.39 is 15.9 Å². The molecule has 9 heteroatoms. The van der Waals surface area contributed by atoms with Crippen LogP contribution in [0.3, 0.4) is 0 Å². The number of halogens is 1. The molecule has 0 spiro atoms. The Hall–Kier alpha value is -2.68. The average Bonchev–Trinajstić information content (AvgIpc) is 3.09. The van der Waals surface area contributed by atoms with Crippen LogP contribution in [-0.4, -0.2) is 41.5 Å². The molecule has 0 radical (unpaired) electrons. The summed E-state index contributed by atoms with van der Waals surface area (Å²) in [5, 5.41) is 7.77. The Morgan fingerprint density at radius 3 is 2.47 bits per heavy atom. The van der Waals surface area contributed by atoms with Crippen molar-refractivity contribution in [3.63, 3.8) is 0 Å². The lowest BCUT2D eigenvalue weighted by Gasteiger charge is -2.18. The SMILES string of the molecule is CCN(CC)S(=O)(=O)c1cccc(C(=O)Nc2cc(C)nn2-c2cccc(Cl)c2)c1. The predicted molar refractivity (Wildman–Crippen MR) is 118 cm³/mol. The van der Waals surface area contributed by atoms with Crippen molar-refractivity contribution in [2.45, 2.75) is 25.7 Å². The molecule has 0 saturated carbocycles. The lowest BCUT2D eigenvalue weighted by molar-refractivity contribution is 0.102.